The van der Waals surface area contributed by atoms with Crippen LogP contribution < -0.4 is 5.32 Å². The van der Waals surface area contributed by atoms with Gasteiger partial charge in [0.25, 0.3) is 0 Å². The average Bonchev–Trinajstić information content (AvgIpc) is 3.06. The molecule has 0 aromatic heterocycles. The Balaban J connectivity index is 0.00000128. The van der Waals surface area contributed by atoms with Gasteiger partial charge < -0.3 is 10.2 Å². The van der Waals surface area contributed by atoms with Crippen LogP contribution in [0.25, 0.3) is 0 Å². The Labute approximate surface area is 103 Å². The van der Waals surface area contributed by atoms with Crippen molar-refractivity contribution in [1.82, 2.24) is 10.2 Å². The molecule has 2 aliphatic heterocycles. The number of rotatable bonds is 5. The van der Waals surface area contributed by atoms with Crippen molar-refractivity contribution >= 4 is 12.4 Å². The Hall–Kier alpha value is -0.630. The van der Waals surface area contributed by atoms with E-state index in [1.54, 1.807) is 0 Å². The summed E-state index contributed by atoms with van der Waals surface area (Å²) in [6.45, 7) is 5.59. The molecular formula is C11H19ClN4. The minimum atomic E-state index is -0.1000. The Kier molecular flexibility index (Phi) is 5.20. The van der Waals surface area contributed by atoms with Crippen molar-refractivity contribution < 1.29 is 0 Å². The van der Waals surface area contributed by atoms with Crippen LogP contribution in [0, 0.1) is 12.3 Å². The van der Waals surface area contributed by atoms with E-state index in [1.165, 1.54) is 0 Å². The zero-order valence-electron chi connectivity index (χ0n) is 9.48. The van der Waals surface area contributed by atoms with Crippen LogP contribution in [-0.2, 0) is 0 Å². The highest BCUT2D eigenvalue weighted by molar-refractivity contribution is 5.85. The van der Waals surface area contributed by atoms with E-state index >= 15 is 0 Å². The fraction of sp³-hybridized carbons (Fsp3) is 0.818. The van der Waals surface area contributed by atoms with Crippen LogP contribution in [0.5, 0.6) is 0 Å². The van der Waals surface area contributed by atoms with E-state index in [0.717, 1.165) is 52.0 Å². The van der Waals surface area contributed by atoms with Gasteiger partial charge in [0, 0.05) is 52.0 Å². The summed E-state index contributed by atoms with van der Waals surface area (Å²) in [6, 6.07) is 0. The molecule has 1 saturated heterocycles. The fourth-order valence-electron chi connectivity index (χ4n) is 1.94. The van der Waals surface area contributed by atoms with Gasteiger partial charge in [0.05, 0.1) is 0 Å². The topological polar surface area (TPSA) is 40.0 Å². The molecule has 0 aromatic carbocycles. The van der Waals surface area contributed by atoms with E-state index in [1.807, 2.05) is 0 Å². The third-order valence-corrected chi connectivity index (χ3v) is 3.09. The van der Waals surface area contributed by atoms with Crippen LogP contribution in [0.15, 0.2) is 10.2 Å². The van der Waals surface area contributed by atoms with Gasteiger partial charge in [-0.15, -0.1) is 24.8 Å². The summed E-state index contributed by atoms with van der Waals surface area (Å²) < 4.78 is 0. The van der Waals surface area contributed by atoms with Gasteiger partial charge in [-0.1, -0.05) is 0 Å². The van der Waals surface area contributed by atoms with Crippen LogP contribution in [-0.4, -0.2) is 43.3 Å². The molecule has 0 aromatic rings. The van der Waals surface area contributed by atoms with Gasteiger partial charge in [-0.3, -0.25) is 0 Å². The van der Waals surface area contributed by atoms with Crippen LogP contribution in [0.2, 0.25) is 0 Å². The Bertz CT molecular complexity index is 272. The molecule has 0 aliphatic carbocycles. The van der Waals surface area contributed by atoms with Crippen molar-refractivity contribution in [3.8, 4) is 12.3 Å². The highest BCUT2D eigenvalue weighted by Crippen LogP contribution is 2.36. The quantitative estimate of drug-likeness (QED) is 0.738. The van der Waals surface area contributed by atoms with E-state index in [9.17, 15) is 0 Å². The summed E-state index contributed by atoms with van der Waals surface area (Å²) in [5, 5.41) is 11.6. The zero-order valence-corrected chi connectivity index (χ0v) is 10.3. The first-order chi connectivity index (χ1) is 7.35. The number of nitrogens with zero attached hydrogens (tertiary/aromatic N) is 3. The van der Waals surface area contributed by atoms with E-state index in [-0.39, 0.29) is 18.1 Å². The zero-order chi connectivity index (χ0) is 10.6. The molecule has 0 spiro atoms. The Morgan fingerprint density at radius 2 is 1.94 bits per heavy atom. The van der Waals surface area contributed by atoms with Crippen LogP contribution in [0.1, 0.15) is 19.3 Å². The van der Waals surface area contributed by atoms with Crippen LogP contribution >= 0.6 is 12.4 Å². The lowest BCUT2D eigenvalue weighted by atomic mass is 10.0. The smallest absolute Gasteiger partial charge is 0.193 e. The van der Waals surface area contributed by atoms with Gasteiger partial charge in [0.2, 0.25) is 0 Å². The monoisotopic (exact) mass is 242 g/mol. The van der Waals surface area contributed by atoms with E-state index in [2.05, 4.69) is 26.4 Å². The predicted octanol–water partition coefficient (Wildman–Crippen LogP) is 1.28. The standard InChI is InChI=1S/C11H18N4.ClH/c1-2-3-4-11(13-14-11)5-8-15-9-6-12-7-10-15;/h1,12H,3-10H2;1H. The fourth-order valence-corrected chi connectivity index (χ4v) is 1.94. The third-order valence-electron chi connectivity index (χ3n) is 3.09. The molecule has 2 rings (SSSR count). The molecule has 5 heteroatoms. The highest BCUT2D eigenvalue weighted by Gasteiger charge is 2.39. The van der Waals surface area contributed by atoms with Crippen molar-refractivity contribution in [2.24, 2.45) is 10.2 Å². The summed E-state index contributed by atoms with van der Waals surface area (Å²) in [5.41, 5.74) is -0.1000. The molecule has 1 N–H and O–H groups in total. The van der Waals surface area contributed by atoms with Crippen LogP contribution in [0.4, 0.5) is 0 Å². The maximum Gasteiger partial charge on any atom is 0.193 e. The van der Waals surface area contributed by atoms with Crippen LogP contribution in [0.3, 0.4) is 0 Å². The maximum absolute atomic E-state index is 5.25. The van der Waals surface area contributed by atoms with Crippen molar-refractivity contribution in [3.63, 3.8) is 0 Å². The Morgan fingerprint density at radius 3 is 2.50 bits per heavy atom. The number of hydrogen-bond acceptors (Lipinski definition) is 4. The van der Waals surface area contributed by atoms with Crippen molar-refractivity contribution in [2.45, 2.75) is 24.9 Å². The second-order valence-electron chi connectivity index (χ2n) is 4.23. The first kappa shape index (κ1) is 13.4. The SMILES string of the molecule is C#CCCC1(CCN2CCNCC2)N=N1.Cl. The number of piperazine rings is 1. The minimum Gasteiger partial charge on any atom is -0.314 e. The molecule has 0 unspecified atom stereocenters. The number of terminal acetylenes is 1. The summed E-state index contributed by atoms with van der Waals surface area (Å²) in [6.07, 6.45) is 8.00. The molecule has 0 atom stereocenters. The maximum atomic E-state index is 5.25. The molecule has 2 heterocycles. The summed E-state index contributed by atoms with van der Waals surface area (Å²) in [5.74, 6) is 2.66. The number of hydrogen-bond donors (Lipinski definition) is 1. The third kappa shape index (κ3) is 3.75. The molecule has 0 radical (unpaired) electrons. The number of halogens is 1. The largest absolute Gasteiger partial charge is 0.314 e. The van der Waals surface area contributed by atoms with Crippen molar-refractivity contribution in [3.05, 3.63) is 0 Å². The predicted molar refractivity (Wildman–Crippen MR) is 66.8 cm³/mol. The van der Waals surface area contributed by atoms with Gasteiger partial charge in [-0.05, 0) is 0 Å². The normalized spacial score (nSPS) is 22.2. The lowest BCUT2D eigenvalue weighted by Crippen LogP contribution is -2.44. The van der Waals surface area contributed by atoms with E-state index in [4.69, 9.17) is 6.42 Å². The van der Waals surface area contributed by atoms with Crippen molar-refractivity contribution in [2.75, 3.05) is 32.7 Å². The first-order valence-corrected chi connectivity index (χ1v) is 5.65. The molecular weight excluding hydrogens is 224 g/mol. The minimum absolute atomic E-state index is 0. The number of nitrogens with one attached hydrogen (secondary N) is 1. The summed E-state index contributed by atoms with van der Waals surface area (Å²) in [7, 11) is 0. The van der Waals surface area contributed by atoms with Gasteiger partial charge >= 0.3 is 0 Å². The van der Waals surface area contributed by atoms with Gasteiger partial charge in [-0.25, -0.2) is 0 Å². The summed E-state index contributed by atoms with van der Waals surface area (Å²) in [4.78, 5) is 2.47. The van der Waals surface area contributed by atoms with Gasteiger partial charge in [0.15, 0.2) is 5.66 Å². The highest BCUT2D eigenvalue weighted by atomic mass is 35.5. The first-order valence-electron chi connectivity index (χ1n) is 5.65. The lowest BCUT2D eigenvalue weighted by molar-refractivity contribution is 0.226. The van der Waals surface area contributed by atoms with Gasteiger partial charge in [-0.2, -0.15) is 10.2 Å². The molecule has 2 aliphatic rings. The van der Waals surface area contributed by atoms with E-state index in [0.29, 0.717) is 0 Å². The summed E-state index contributed by atoms with van der Waals surface area (Å²) >= 11 is 0. The molecule has 0 amide bonds. The molecule has 0 saturated carbocycles. The second-order valence-corrected chi connectivity index (χ2v) is 4.23. The average molecular weight is 243 g/mol. The van der Waals surface area contributed by atoms with Gasteiger partial charge in [0.1, 0.15) is 0 Å². The molecule has 1 fully saturated rings. The molecule has 16 heavy (non-hydrogen) atoms. The molecule has 4 nitrogen and oxygen atoms in total. The lowest BCUT2D eigenvalue weighted by Gasteiger charge is -2.27. The van der Waals surface area contributed by atoms with E-state index < -0.39 is 0 Å². The molecule has 0 bridgehead atoms. The molecule has 90 valence electrons. The van der Waals surface area contributed by atoms with Crippen molar-refractivity contribution in [1.29, 1.82) is 0 Å². The Morgan fingerprint density at radius 1 is 1.25 bits per heavy atom. The second kappa shape index (κ2) is 6.19.